The fraction of sp³-hybridized carbons (Fsp3) is 0.800. The van der Waals surface area contributed by atoms with Crippen molar-refractivity contribution in [1.82, 2.24) is 5.43 Å². The van der Waals surface area contributed by atoms with Crippen LogP contribution in [0.2, 0.25) is 0 Å². The molecule has 2 aliphatic rings. The van der Waals surface area contributed by atoms with Crippen molar-refractivity contribution in [2.45, 2.75) is 32.7 Å². The minimum Gasteiger partial charge on any atom is -0.481 e. The fourth-order valence-electron chi connectivity index (χ4n) is 1.87. The van der Waals surface area contributed by atoms with Crippen LogP contribution in [0.5, 0.6) is 0 Å². The number of carboxylic acid groups (broad SMARTS) is 1. The molecule has 78 valence electrons. The molecule has 2 atom stereocenters. The molecule has 0 saturated heterocycles. The summed E-state index contributed by atoms with van der Waals surface area (Å²) < 4.78 is 0. The van der Waals surface area contributed by atoms with E-state index in [0.29, 0.717) is 6.04 Å². The highest BCUT2D eigenvalue weighted by Gasteiger charge is 2.61. The number of hydrazone groups is 1. The first-order chi connectivity index (χ1) is 6.53. The first-order valence-electron chi connectivity index (χ1n) is 5.05. The van der Waals surface area contributed by atoms with E-state index in [1.165, 1.54) is 12.8 Å². The normalized spacial score (nSPS) is 34.4. The molecule has 14 heavy (non-hydrogen) atoms. The summed E-state index contributed by atoms with van der Waals surface area (Å²) in [6.45, 7) is 3.94. The Labute approximate surface area is 83.4 Å². The van der Waals surface area contributed by atoms with E-state index >= 15 is 0 Å². The van der Waals surface area contributed by atoms with Gasteiger partial charge < -0.3 is 10.5 Å². The zero-order valence-corrected chi connectivity index (χ0v) is 8.53. The number of rotatable bonds is 4. The molecular weight excluding hydrogens is 180 g/mol. The lowest BCUT2D eigenvalue weighted by Crippen LogP contribution is -2.08. The SMILES string of the molecule is CC1(C)[C@H](C(=O)O)[C@@H]1C=NNC1CC1. The van der Waals surface area contributed by atoms with Crippen LogP contribution in [-0.2, 0) is 4.79 Å². The van der Waals surface area contributed by atoms with Gasteiger partial charge in [0.15, 0.2) is 0 Å². The summed E-state index contributed by atoms with van der Waals surface area (Å²) in [5.74, 6) is -0.878. The zero-order valence-electron chi connectivity index (χ0n) is 8.53. The summed E-state index contributed by atoms with van der Waals surface area (Å²) in [5, 5.41) is 13.0. The molecule has 0 heterocycles. The topological polar surface area (TPSA) is 61.7 Å². The van der Waals surface area contributed by atoms with Crippen molar-refractivity contribution in [2.24, 2.45) is 22.4 Å². The van der Waals surface area contributed by atoms with Crippen LogP contribution in [0.25, 0.3) is 0 Å². The smallest absolute Gasteiger partial charge is 0.307 e. The number of nitrogens with one attached hydrogen (secondary N) is 1. The summed E-state index contributed by atoms with van der Waals surface area (Å²) in [5.41, 5.74) is 2.88. The fourth-order valence-corrected chi connectivity index (χ4v) is 1.87. The van der Waals surface area contributed by atoms with Gasteiger partial charge in [-0.05, 0) is 18.3 Å². The van der Waals surface area contributed by atoms with E-state index < -0.39 is 5.97 Å². The molecule has 0 radical (unpaired) electrons. The molecule has 2 saturated carbocycles. The van der Waals surface area contributed by atoms with Gasteiger partial charge in [-0.3, -0.25) is 4.79 Å². The molecule has 0 unspecified atom stereocenters. The van der Waals surface area contributed by atoms with Gasteiger partial charge in [-0.1, -0.05) is 13.8 Å². The number of hydrogen-bond acceptors (Lipinski definition) is 3. The number of nitrogens with zero attached hydrogens (tertiary/aromatic N) is 1. The van der Waals surface area contributed by atoms with E-state index in [9.17, 15) is 4.79 Å². The second-order valence-corrected chi connectivity index (χ2v) is 4.84. The Balaban J connectivity index is 1.86. The third-order valence-electron chi connectivity index (χ3n) is 3.25. The van der Waals surface area contributed by atoms with E-state index in [0.717, 1.165) is 0 Å². The molecule has 4 nitrogen and oxygen atoms in total. The van der Waals surface area contributed by atoms with Crippen molar-refractivity contribution in [3.8, 4) is 0 Å². The summed E-state index contributed by atoms with van der Waals surface area (Å²) in [4.78, 5) is 10.8. The second kappa shape index (κ2) is 2.97. The van der Waals surface area contributed by atoms with E-state index in [-0.39, 0.29) is 17.3 Å². The molecule has 0 aromatic heterocycles. The molecule has 0 aromatic rings. The Morgan fingerprint density at radius 2 is 2.21 bits per heavy atom. The van der Waals surface area contributed by atoms with Gasteiger partial charge in [-0.15, -0.1) is 0 Å². The number of carbonyl (C=O) groups is 1. The van der Waals surface area contributed by atoms with Crippen molar-refractivity contribution >= 4 is 12.2 Å². The van der Waals surface area contributed by atoms with E-state index in [2.05, 4.69) is 10.5 Å². The third kappa shape index (κ3) is 1.61. The van der Waals surface area contributed by atoms with Gasteiger partial charge in [0.1, 0.15) is 0 Å². The Hall–Kier alpha value is -1.06. The maximum absolute atomic E-state index is 10.8. The summed E-state index contributed by atoms with van der Waals surface area (Å²) in [7, 11) is 0. The van der Waals surface area contributed by atoms with Gasteiger partial charge in [-0.25, -0.2) is 0 Å². The summed E-state index contributed by atoms with van der Waals surface area (Å²) in [6, 6.07) is 0.538. The van der Waals surface area contributed by atoms with Gasteiger partial charge >= 0.3 is 5.97 Å². The molecule has 2 rings (SSSR count). The van der Waals surface area contributed by atoms with Crippen LogP contribution < -0.4 is 5.43 Å². The van der Waals surface area contributed by atoms with Crippen molar-refractivity contribution in [2.75, 3.05) is 0 Å². The van der Waals surface area contributed by atoms with Crippen molar-refractivity contribution in [1.29, 1.82) is 0 Å². The first-order valence-corrected chi connectivity index (χ1v) is 5.05. The average Bonchev–Trinajstić information content (AvgIpc) is 2.91. The Bertz CT molecular complexity index is 282. The highest BCUT2D eigenvalue weighted by Crippen LogP contribution is 2.57. The lowest BCUT2D eigenvalue weighted by Gasteiger charge is -1.96. The standard InChI is InChI=1S/C10H16N2O2/c1-10(2)7(8(10)9(13)14)5-11-12-6-3-4-6/h5-8,12H,3-4H2,1-2H3,(H,13,14)/t7-,8-/m0/s1. The van der Waals surface area contributed by atoms with E-state index in [1.54, 1.807) is 6.21 Å². The predicted molar refractivity (Wildman–Crippen MR) is 53.0 cm³/mol. The Kier molecular flexibility index (Phi) is 2.01. The van der Waals surface area contributed by atoms with Gasteiger partial charge in [0, 0.05) is 18.2 Å². The second-order valence-electron chi connectivity index (χ2n) is 4.84. The molecule has 2 N–H and O–H groups in total. The summed E-state index contributed by atoms with van der Waals surface area (Å²) >= 11 is 0. The number of aliphatic carboxylic acids is 1. The average molecular weight is 196 g/mol. The van der Waals surface area contributed by atoms with Gasteiger partial charge in [-0.2, -0.15) is 5.10 Å². The van der Waals surface area contributed by atoms with Crippen molar-refractivity contribution < 1.29 is 9.90 Å². The zero-order chi connectivity index (χ0) is 10.3. The van der Waals surface area contributed by atoms with Crippen LogP contribution in [0.3, 0.4) is 0 Å². The number of carboxylic acids is 1. The Morgan fingerprint density at radius 3 is 2.64 bits per heavy atom. The van der Waals surface area contributed by atoms with Crippen molar-refractivity contribution in [3.63, 3.8) is 0 Å². The molecule has 0 aromatic carbocycles. The van der Waals surface area contributed by atoms with Crippen LogP contribution in [0.4, 0.5) is 0 Å². The Morgan fingerprint density at radius 1 is 1.57 bits per heavy atom. The first kappa shape index (κ1) is 9.49. The minimum atomic E-state index is -0.710. The molecule has 4 heteroatoms. The highest BCUT2D eigenvalue weighted by atomic mass is 16.4. The molecule has 2 aliphatic carbocycles. The maximum Gasteiger partial charge on any atom is 0.307 e. The third-order valence-corrected chi connectivity index (χ3v) is 3.25. The monoisotopic (exact) mass is 196 g/mol. The van der Waals surface area contributed by atoms with E-state index in [1.807, 2.05) is 13.8 Å². The molecule has 0 bridgehead atoms. The van der Waals surface area contributed by atoms with Crippen molar-refractivity contribution in [3.05, 3.63) is 0 Å². The van der Waals surface area contributed by atoms with Gasteiger partial charge in [0.2, 0.25) is 0 Å². The predicted octanol–water partition coefficient (Wildman–Crippen LogP) is 1.08. The molecule has 0 spiro atoms. The quantitative estimate of drug-likeness (QED) is 0.522. The maximum atomic E-state index is 10.8. The van der Waals surface area contributed by atoms with Crippen LogP contribution in [-0.4, -0.2) is 23.3 Å². The largest absolute Gasteiger partial charge is 0.481 e. The van der Waals surface area contributed by atoms with Crippen LogP contribution in [0.15, 0.2) is 5.10 Å². The molecule has 0 amide bonds. The van der Waals surface area contributed by atoms with Crippen LogP contribution >= 0.6 is 0 Å². The molecular formula is C10H16N2O2. The van der Waals surface area contributed by atoms with E-state index in [4.69, 9.17) is 5.11 Å². The molecule has 0 aliphatic heterocycles. The highest BCUT2D eigenvalue weighted by molar-refractivity contribution is 5.84. The van der Waals surface area contributed by atoms with Crippen LogP contribution in [0, 0.1) is 17.3 Å². The number of hydrogen-bond donors (Lipinski definition) is 2. The van der Waals surface area contributed by atoms with Crippen LogP contribution in [0.1, 0.15) is 26.7 Å². The summed E-state index contributed by atoms with van der Waals surface area (Å²) in [6.07, 6.45) is 4.14. The molecule has 2 fully saturated rings. The van der Waals surface area contributed by atoms with Gasteiger partial charge in [0.25, 0.3) is 0 Å². The lowest BCUT2D eigenvalue weighted by atomic mass is 10.1. The minimum absolute atomic E-state index is 0.0891. The van der Waals surface area contributed by atoms with Gasteiger partial charge in [0.05, 0.1) is 5.92 Å². The lowest BCUT2D eigenvalue weighted by molar-refractivity contribution is -0.139.